The lowest BCUT2D eigenvalue weighted by atomic mass is 9.91. The molecule has 52 heavy (non-hydrogen) atoms. The van der Waals surface area contributed by atoms with Crippen LogP contribution in [0.4, 0.5) is 4.79 Å². The lowest BCUT2D eigenvalue weighted by molar-refractivity contribution is -0.144. The zero-order chi connectivity index (χ0) is 36.5. The molecule has 14 heteroatoms. The summed E-state index contributed by atoms with van der Waals surface area (Å²) in [6.45, 7) is 0.0676. The van der Waals surface area contributed by atoms with Crippen LogP contribution in [0, 0.1) is 5.92 Å². The van der Waals surface area contributed by atoms with Gasteiger partial charge >= 0.3 is 6.09 Å². The number of carbonyl (C=O) groups is 4. The second kappa shape index (κ2) is 15.1. The molecule has 7 rings (SSSR count). The molecule has 2 aliphatic heterocycles. The topological polar surface area (TPSA) is 160 Å². The Balaban J connectivity index is 1.19. The highest BCUT2D eigenvalue weighted by Crippen LogP contribution is 2.46. The van der Waals surface area contributed by atoms with Crippen molar-refractivity contribution in [1.29, 1.82) is 0 Å². The number of allylic oxidation sites excluding steroid dienone is 1. The van der Waals surface area contributed by atoms with Crippen molar-refractivity contribution in [3.05, 3.63) is 70.8 Å². The fraction of sp³-hybridized carbons (Fsp3) is 0.526. The Hall–Kier alpha value is -4.10. The summed E-state index contributed by atoms with van der Waals surface area (Å²) in [6.07, 6.45) is 11.2. The van der Waals surface area contributed by atoms with E-state index >= 15 is 0 Å². The van der Waals surface area contributed by atoms with Gasteiger partial charge in [-0.3, -0.25) is 19.1 Å². The van der Waals surface area contributed by atoms with Crippen LogP contribution < -0.4 is 20.1 Å². The van der Waals surface area contributed by atoms with E-state index in [0.717, 1.165) is 49.7 Å². The van der Waals surface area contributed by atoms with E-state index in [0.29, 0.717) is 48.6 Å². The molecule has 0 spiro atoms. The molecule has 4 amide bonds. The summed E-state index contributed by atoms with van der Waals surface area (Å²) in [5.41, 5.74) is 0.0930. The minimum Gasteiger partial charge on any atom is -0.457 e. The third-order valence-electron chi connectivity index (χ3n) is 10.8. The fourth-order valence-electron chi connectivity index (χ4n) is 7.56. The number of carbonyl (C=O) groups excluding carboxylic acids is 4. The monoisotopic (exact) mass is 752 g/mol. The number of sulfonamides is 1. The first-order valence-electron chi connectivity index (χ1n) is 18.4. The van der Waals surface area contributed by atoms with E-state index in [4.69, 9.17) is 21.1 Å². The number of halogens is 1. The molecule has 3 N–H and O–H groups in total. The maximum absolute atomic E-state index is 14.5. The summed E-state index contributed by atoms with van der Waals surface area (Å²) in [4.78, 5) is 57.3. The fourth-order valence-corrected chi connectivity index (χ4v) is 9.11. The van der Waals surface area contributed by atoms with Crippen LogP contribution in [-0.4, -0.2) is 66.1 Å². The van der Waals surface area contributed by atoms with Gasteiger partial charge in [-0.05, 0) is 106 Å². The van der Waals surface area contributed by atoms with Gasteiger partial charge < -0.3 is 25.0 Å². The van der Waals surface area contributed by atoms with Gasteiger partial charge in [0.05, 0.1) is 5.25 Å². The number of nitrogens with zero attached hydrogens (tertiary/aromatic N) is 1. The zero-order valence-corrected chi connectivity index (χ0v) is 30.6. The minimum atomic E-state index is -3.88. The standard InChI is InChI=1S/C38H45ClN4O8S/c39-27-10-8-13-29(21-27)50-30-16-15-24-23-43-33(20-25(24)19-30)34(44)41-38(36(46)42-52(48,49)31-17-18-31)22-26(38)9-4-2-1-3-5-14-32(35(43)45)40-37(47)51-28-11-6-7-12-28/h4,8-10,13,15-16,19,21,26,28,31-33H,1-3,5-7,11-12,14,17-18,20,22-23H2,(H,40,47)(H,41,44)(H,42,46)/b9-4-/t26-,32+,33?,38-/m1/s1. The van der Waals surface area contributed by atoms with Gasteiger partial charge in [-0.15, -0.1) is 0 Å². The van der Waals surface area contributed by atoms with Crippen molar-refractivity contribution in [1.82, 2.24) is 20.3 Å². The Labute approximate surface area is 309 Å². The van der Waals surface area contributed by atoms with Crippen molar-refractivity contribution in [2.75, 3.05) is 0 Å². The molecule has 0 aromatic heterocycles. The maximum atomic E-state index is 14.5. The number of amides is 4. The number of nitrogens with one attached hydrogen (secondary N) is 3. The van der Waals surface area contributed by atoms with Crippen molar-refractivity contribution in [3.63, 3.8) is 0 Å². The number of hydrogen-bond acceptors (Lipinski definition) is 8. The number of rotatable bonds is 7. The molecule has 3 fully saturated rings. The van der Waals surface area contributed by atoms with Gasteiger partial charge in [0.25, 0.3) is 5.91 Å². The van der Waals surface area contributed by atoms with Crippen LogP contribution in [0.3, 0.4) is 0 Å². The van der Waals surface area contributed by atoms with Crippen molar-refractivity contribution < 1.29 is 37.1 Å². The van der Waals surface area contributed by atoms with Crippen molar-refractivity contribution in [3.8, 4) is 11.5 Å². The molecule has 3 aliphatic carbocycles. The highest BCUT2D eigenvalue weighted by Gasteiger charge is 2.62. The van der Waals surface area contributed by atoms with Gasteiger partial charge in [-0.1, -0.05) is 48.7 Å². The van der Waals surface area contributed by atoms with Crippen LogP contribution in [0.5, 0.6) is 11.5 Å². The summed E-state index contributed by atoms with van der Waals surface area (Å²) >= 11 is 6.16. The van der Waals surface area contributed by atoms with Gasteiger partial charge in [0.2, 0.25) is 21.8 Å². The summed E-state index contributed by atoms with van der Waals surface area (Å²) in [5, 5.41) is 5.64. The van der Waals surface area contributed by atoms with Crippen LogP contribution in [0.25, 0.3) is 0 Å². The Morgan fingerprint density at radius 2 is 1.69 bits per heavy atom. The van der Waals surface area contributed by atoms with Crippen LogP contribution in [0.1, 0.15) is 88.2 Å². The smallest absolute Gasteiger partial charge is 0.408 e. The van der Waals surface area contributed by atoms with E-state index < -0.39 is 62.6 Å². The molecule has 5 aliphatic rings. The van der Waals surface area contributed by atoms with Crippen LogP contribution in [0.2, 0.25) is 5.02 Å². The second-order valence-electron chi connectivity index (χ2n) is 14.7. The largest absolute Gasteiger partial charge is 0.457 e. The molecule has 0 saturated heterocycles. The average Bonchev–Trinajstić information content (AvgIpc) is 4.03. The number of alkyl carbamates (subject to hydrolysis) is 1. The molecular weight excluding hydrogens is 708 g/mol. The number of fused-ring (bicyclic) bond motifs is 3. The molecule has 2 aromatic carbocycles. The van der Waals surface area contributed by atoms with E-state index in [9.17, 15) is 27.6 Å². The molecule has 3 saturated carbocycles. The number of ether oxygens (including phenoxy) is 2. The Bertz CT molecular complexity index is 1860. The predicted molar refractivity (Wildman–Crippen MR) is 193 cm³/mol. The maximum Gasteiger partial charge on any atom is 0.408 e. The summed E-state index contributed by atoms with van der Waals surface area (Å²) in [6, 6.07) is 10.4. The third kappa shape index (κ3) is 8.25. The molecule has 0 bridgehead atoms. The van der Waals surface area contributed by atoms with E-state index in [2.05, 4.69) is 15.4 Å². The van der Waals surface area contributed by atoms with Crippen LogP contribution >= 0.6 is 11.6 Å². The lowest BCUT2D eigenvalue weighted by Gasteiger charge is -2.39. The summed E-state index contributed by atoms with van der Waals surface area (Å²) < 4.78 is 39.6. The molecule has 278 valence electrons. The first-order chi connectivity index (χ1) is 25.0. The highest BCUT2D eigenvalue weighted by molar-refractivity contribution is 7.91. The molecule has 12 nitrogen and oxygen atoms in total. The molecule has 4 atom stereocenters. The molecule has 2 aromatic rings. The Morgan fingerprint density at radius 1 is 0.923 bits per heavy atom. The predicted octanol–water partition coefficient (Wildman–Crippen LogP) is 5.43. The molecular formula is C38H45ClN4O8S. The van der Waals surface area contributed by atoms with E-state index in [1.54, 1.807) is 30.3 Å². The quantitative estimate of drug-likeness (QED) is 0.316. The second-order valence-corrected chi connectivity index (χ2v) is 17.1. The van der Waals surface area contributed by atoms with Crippen molar-refractivity contribution in [2.45, 2.75) is 119 Å². The number of benzene rings is 2. The van der Waals surface area contributed by atoms with Gasteiger partial charge in [0, 0.05) is 23.9 Å². The van der Waals surface area contributed by atoms with E-state index in [1.165, 1.54) is 4.90 Å². The van der Waals surface area contributed by atoms with E-state index in [1.807, 2.05) is 24.3 Å². The normalized spacial score (nSPS) is 27.4. The Kier molecular flexibility index (Phi) is 10.5. The van der Waals surface area contributed by atoms with Gasteiger partial charge in [-0.25, -0.2) is 13.2 Å². The van der Waals surface area contributed by atoms with Crippen LogP contribution in [-0.2, 0) is 42.1 Å². The minimum absolute atomic E-state index is 0.0676. The average molecular weight is 753 g/mol. The van der Waals surface area contributed by atoms with Gasteiger partial charge in [0.1, 0.15) is 35.2 Å². The Morgan fingerprint density at radius 3 is 2.46 bits per heavy atom. The van der Waals surface area contributed by atoms with Crippen LogP contribution in [0.15, 0.2) is 54.6 Å². The highest BCUT2D eigenvalue weighted by atomic mass is 35.5. The molecule has 0 radical (unpaired) electrons. The van der Waals surface area contributed by atoms with Crippen molar-refractivity contribution in [2.24, 2.45) is 5.92 Å². The molecule has 1 unspecified atom stereocenters. The van der Waals surface area contributed by atoms with Gasteiger partial charge in [0.15, 0.2) is 0 Å². The van der Waals surface area contributed by atoms with E-state index in [-0.39, 0.29) is 25.5 Å². The first kappa shape index (κ1) is 36.3. The lowest BCUT2D eigenvalue weighted by Crippen LogP contribution is -2.61. The SMILES string of the molecule is O=C(N[C@H]1CCCCC/C=C\[C@@H]2C[C@@]2(C(=O)NS(=O)(=O)C2CC2)NC(=O)C2Cc3cc(Oc4cccc(Cl)c4)ccc3CN2C1=O)OC1CCCC1. The van der Waals surface area contributed by atoms with Crippen molar-refractivity contribution >= 4 is 45.4 Å². The summed E-state index contributed by atoms with van der Waals surface area (Å²) in [5.74, 6) is -1.14. The molecule has 2 heterocycles. The number of hydrogen-bond donors (Lipinski definition) is 3. The zero-order valence-electron chi connectivity index (χ0n) is 29.0. The summed E-state index contributed by atoms with van der Waals surface area (Å²) in [7, 11) is -3.88. The third-order valence-corrected chi connectivity index (χ3v) is 12.8. The first-order valence-corrected chi connectivity index (χ1v) is 20.3. The van der Waals surface area contributed by atoms with Gasteiger partial charge in [-0.2, -0.15) is 0 Å².